The number of aromatic nitrogens is 1. The molecule has 1 aliphatic heterocycles. The summed E-state index contributed by atoms with van der Waals surface area (Å²) >= 11 is 0. The Labute approximate surface area is 96.4 Å². The Kier molecular flexibility index (Phi) is 2.72. The smallest absolute Gasteiger partial charge is 0.0810 e. The first-order chi connectivity index (χ1) is 7.48. The number of hydrogen-bond donors (Lipinski definition) is 1. The van der Waals surface area contributed by atoms with Gasteiger partial charge in [-0.2, -0.15) is 0 Å². The summed E-state index contributed by atoms with van der Waals surface area (Å²) in [6.07, 6.45) is 2.67. The maximum atomic E-state index is 9.89. The third-order valence-electron chi connectivity index (χ3n) is 3.00. The zero-order valence-electron chi connectivity index (χ0n) is 9.90. The fraction of sp³-hybridized carbons (Fsp3) is 0.462. The maximum absolute atomic E-state index is 9.89. The van der Waals surface area contributed by atoms with Crippen molar-refractivity contribution in [1.29, 1.82) is 0 Å². The van der Waals surface area contributed by atoms with E-state index in [2.05, 4.69) is 16.5 Å². The van der Waals surface area contributed by atoms with Gasteiger partial charge < -0.3 is 10.0 Å². The summed E-state index contributed by atoms with van der Waals surface area (Å²) in [7, 11) is 0. The number of rotatable bonds is 2. The highest BCUT2D eigenvalue weighted by molar-refractivity contribution is 5.60. The quantitative estimate of drug-likeness (QED) is 0.825. The molecule has 1 aromatic rings. The zero-order chi connectivity index (χ0) is 11.8. The van der Waals surface area contributed by atoms with Gasteiger partial charge in [-0.1, -0.05) is 6.58 Å². The molecule has 1 atom stereocenters. The fourth-order valence-corrected chi connectivity index (χ4v) is 1.99. The molecule has 3 nitrogen and oxygen atoms in total. The van der Waals surface area contributed by atoms with Crippen LogP contribution >= 0.6 is 0 Å². The van der Waals surface area contributed by atoms with Crippen molar-refractivity contribution < 1.29 is 5.11 Å². The van der Waals surface area contributed by atoms with Crippen LogP contribution in [0.3, 0.4) is 0 Å². The normalized spacial score (nSPS) is 24.8. The maximum Gasteiger partial charge on any atom is 0.0810 e. The number of β-amino-alcohol motifs (C(OH)–C–C–N with tert-alkyl or cyclic N) is 1. The predicted molar refractivity (Wildman–Crippen MR) is 66.4 cm³/mol. The molecule has 3 heteroatoms. The van der Waals surface area contributed by atoms with Crippen LogP contribution in [-0.4, -0.2) is 28.8 Å². The number of hydrogen-bond acceptors (Lipinski definition) is 3. The van der Waals surface area contributed by atoms with Crippen LogP contribution < -0.4 is 4.90 Å². The molecule has 0 spiro atoms. The van der Waals surface area contributed by atoms with Crippen molar-refractivity contribution in [3.63, 3.8) is 0 Å². The Hall–Kier alpha value is -1.35. The molecule has 0 aliphatic carbocycles. The third kappa shape index (κ3) is 2.25. The lowest BCUT2D eigenvalue weighted by molar-refractivity contribution is 0.0839. The Morgan fingerprint density at radius 1 is 1.56 bits per heavy atom. The largest absolute Gasteiger partial charge is 0.388 e. The molecule has 0 amide bonds. The van der Waals surface area contributed by atoms with Gasteiger partial charge in [0.25, 0.3) is 0 Å². The highest BCUT2D eigenvalue weighted by Gasteiger charge is 2.31. The summed E-state index contributed by atoms with van der Waals surface area (Å²) < 4.78 is 0. The minimum Gasteiger partial charge on any atom is -0.388 e. The van der Waals surface area contributed by atoms with Gasteiger partial charge in [0.2, 0.25) is 0 Å². The van der Waals surface area contributed by atoms with Crippen molar-refractivity contribution in [2.75, 3.05) is 18.0 Å². The summed E-state index contributed by atoms with van der Waals surface area (Å²) in [6.45, 7) is 9.26. The number of nitrogens with zero attached hydrogens (tertiary/aromatic N) is 2. The first-order valence-electron chi connectivity index (χ1n) is 5.57. The second-order valence-electron chi connectivity index (χ2n) is 4.85. The molecule has 0 bridgehead atoms. The number of pyridine rings is 1. The van der Waals surface area contributed by atoms with Crippen molar-refractivity contribution in [1.82, 2.24) is 4.98 Å². The summed E-state index contributed by atoms with van der Waals surface area (Å²) in [4.78, 5) is 6.51. The summed E-state index contributed by atoms with van der Waals surface area (Å²) in [6, 6.07) is 4.02. The second kappa shape index (κ2) is 3.91. The molecule has 1 aliphatic rings. The Balaban J connectivity index is 2.14. The van der Waals surface area contributed by atoms with Gasteiger partial charge in [0.1, 0.15) is 0 Å². The molecule has 1 N–H and O–H groups in total. The van der Waals surface area contributed by atoms with E-state index >= 15 is 0 Å². The first-order valence-corrected chi connectivity index (χ1v) is 5.57. The van der Waals surface area contributed by atoms with E-state index in [1.54, 1.807) is 0 Å². The molecule has 2 rings (SSSR count). The SMILES string of the molecule is C=C(C)c1ccc(N2CCC(C)(O)C2)cn1. The highest BCUT2D eigenvalue weighted by atomic mass is 16.3. The van der Waals surface area contributed by atoms with Crippen LogP contribution in [0, 0.1) is 0 Å². The van der Waals surface area contributed by atoms with Crippen LogP contribution in [-0.2, 0) is 0 Å². The second-order valence-corrected chi connectivity index (χ2v) is 4.85. The zero-order valence-corrected chi connectivity index (χ0v) is 9.90. The molecule has 1 unspecified atom stereocenters. The number of aliphatic hydroxyl groups is 1. The van der Waals surface area contributed by atoms with Crippen molar-refractivity contribution in [2.24, 2.45) is 0 Å². The molecule has 2 heterocycles. The average molecular weight is 218 g/mol. The van der Waals surface area contributed by atoms with Gasteiger partial charge >= 0.3 is 0 Å². The molecule has 1 fully saturated rings. The van der Waals surface area contributed by atoms with E-state index in [0.717, 1.165) is 29.9 Å². The topological polar surface area (TPSA) is 36.4 Å². The van der Waals surface area contributed by atoms with Crippen molar-refractivity contribution in [3.05, 3.63) is 30.6 Å². The van der Waals surface area contributed by atoms with E-state index < -0.39 is 5.60 Å². The van der Waals surface area contributed by atoms with E-state index in [-0.39, 0.29) is 0 Å². The number of allylic oxidation sites excluding steroid dienone is 1. The van der Waals surface area contributed by atoms with E-state index in [1.807, 2.05) is 32.2 Å². The standard InChI is InChI=1S/C13H18N2O/c1-10(2)12-5-4-11(8-14-12)15-7-6-13(3,16)9-15/h4-5,8,16H,1,6-7,9H2,2-3H3. The van der Waals surface area contributed by atoms with Crippen LogP contribution in [0.5, 0.6) is 0 Å². The molecule has 86 valence electrons. The molecular formula is C13H18N2O. The van der Waals surface area contributed by atoms with Crippen LogP contribution in [0.4, 0.5) is 5.69 Å². The van der Waals surface area contributed by atoms with Crippen LogP contribution in [0.15, 0.2) is 24.9 Å². The van der Waals surface area contributed by atoms with Gasteiger partial charge in [-0.05, 0) is 38.0 Å². The minimum absolute atomic E-state index is 0.562. The summed E-state index contributed by atoms with van der Waals surface area (Å²) in [5.41, 5.74) is 2.41. The van der Waals surface area contributed by atoms with Crippen LogP contribution in [0.2, 0.25) is 0 Å². The van der Waals surface area contributed by atoms with Gasteiger partial charge in [0.15, 0.2) is 0 Å². The van der Waals surface area contributed by atoms with Gasteiger partial charge in [0.05, 0.1) is 23.2 Å². The van der Waals surface area contributed by atoms with Gasteiger partial charge in [-0.3, -0.25) is 4.98 Å². The fourth-order valence-electron chi connectivity index (χ4n) is 1.99. The molecule has 0 radical (unpaired) electrons. The van der Waals surface area contributed by atoms with Crippen LogP contribution in [0.1, 0.15) is 26.0 Å². The Morgan fingerprint density at radius 3 is 2.75 bits per heavy atom. The van der Waals surface area contributed by atoms with Crippen LogP contribution in [0.25, 0.3) is 5.57 Å². The Bertz CT molecular complexity index is 395. The molecule has 0 aromatic carbocycles. The lowest BCUT2D eigenvalue weighted by Gasteiger charge is -2.20. The summed E-state index contributed by atoms with van der Waals surface area (Å²) in [5.74, 6) is 0. The van der Waals surface area contributed by atoms with Gasteiger partial charge in [0, 0.05) is 13.1 Å². The Morgan fingerprint density at radius 2 is 2.31 bits per heavy atom. The number of anilines is 1. The van der Waals surface area contributed by atoms with Crippen molar-refractivity contribution >= 4 is 11.3 Å². The van der Waals surface area contributed by atoms with Gasteiger partial charge in [-0.25, -0.2) is 0 Å². The lowest BCUT2D eigenvalue weighted by atomic mass is 10.1. The third-order valence-corrected chi connectivity index (χ3v) is 3.00. The van der Waals surface area contributed by atoms with Crippen molar-refractivity contribution in [2.45, 2.75) is 25.9 Å². The lowest BCUT2D eigenvalue weighted by Crippen LogP contribution is -2.29. The highest BCUT2D eigenvalue weighted by Crippen LogP contribution is 2.26. The average Bonchev–Trinajstić information content (AvgIpc) is 2.59. The summed E-state index contributed by atoms with van der Waals surface area (Å²) in [5, 5.41) is 9.89. The van der Waals surface area contributed by atoms with E-state index in [9.17, 15) is 5.11 Å². The molecule has 1 saturated heterocycles. The monoisotopic (exact) mass is 218 g/mol. The van der Waals surface area contributed by atoms with E-state index in [0.29, 0.717) is 6.54 Å². The molecule has 0 saturated carbocycles. The van der Waals surface area contributed by atoms with Gasteiger partial charge in [-0.15, -0.1) is 0 Å². The molecule has 1 aromatic heterocycles. The molecule has 16 heavy (non-hydrogen) atoms. The minimum atomic E-state index is -0.562. The molecular weight excluding hydrogens is 200 g/mol. The van der Waals surface area contributed by atoms with Crippen molar-refractivity contribution in [3.8, 4) is 0 Å². The van der Waals surface area contributed by atoms with E-state index in [1.165, 1.54) is 0 Å². The first kappa shape index (κ1) is 11.1. The van der Waals surface area contributed by atoms with E-state index in [4.69, 9.17) is 0 Å². The predicted octanol–water partition coefficient (Wildman–Crippen LogP) is 2.08.